The molecule has 0 aliphatic heterocycles. The number of nitrogens with zero attached hydrogens (tertiary/aromatic N) is 1. The van der Waals surface area contributed by atoms with E-state index in [1.807, 2.05) is 0 Å². The zero-order chi connectivity index (χ0) is 19.8. The van der Waals surface area contributed by atoms with Gasteiger partial charge in [0, 0.05) is 17.4 Å². The summed E-state index contributed by atoms with van der Waals surface area (Å²) in [7, 11) is -4.73. The van der Waals surface area contributed by atoms with Crippen molar-refractivity contribution in [3.63, 3.8) is 0 Å². The van der Waals surface area contributed by atoms with Crippen molar-refractivity contribution < 1.29 is 31.5 Å². The second kappa shape index (κ2) is 6.71. The average molecular weight is 398 g/mol. The van der Waals surface area contributed by atoms with Crippen LogP contribution < -0.4 is 4.72 Å². The van der Waals surface area contributed by atoms with Crippen LogP contribution in [0.5, 0.6) is 0 Å². The van der Waals surface area contributed by atoms with Crippen molar-refractivity contribution >= 4 is 26.9 Å². The molecule has 142 valence electrons. The van der Waals surface area contributed by atoms with Crippen molar-refractivity contribution in [2.75, 3.05) is 0 Å². The van der Waals surface area contributed by atoms with Gasteiger partial charge in [0.2, 0.25) is 10.0 Å². The molecule has 0 radical (unpaired) electrons. The number of hydrogen-bond acceptors (Lipinski definition) is 3. The molecule has 0 aliphatic rings. The van der Waals surface area contributed by atoms with Crippen LogP contribution in [0.4, 0.5) is 13.2 Å². The number of nitrogens with one attached hydrogen (secondary N) is 1. The van der Waals surface area contributed by atoms with Gasteiger partial charge in [-0.05, 0) is 29.8 Å². The lowest BCUT2D eigenvalue weighted by Crippen LogP contribution is -2.37. The first-order valence-corrected chi connectivity index (χ1v) is 9.06. The molecular weight excluding hydrogens is 385 g/mol. The minimum absolute atomic E-state index is 0.0478. The summed E-state index contributed by atoms with van der Waals surface area (Å²) in [6.45, 7) is 0.113. The summed E-state index contributed by atoms with van der Waals surface area (Å²) in [5, 5.41) is 10.1. The molecular formula is C17H13F3N2O4S. The molecule has 0 bridgehead atoms. The number of para-hydroxylation sites is 1. The average Bonchev–Trinajstić information content (AvgIpc) is 2.92. The van der Waals surface area contributed by atoms with E-state index in [0.29, 0.717) is 15.8 Å². The number of fused-ring (bicyclic) bond motifs is 1. The van der Waals surface area contributed by atoms with E-state index in [0.717, 1.165) is 17.5 Å². The molecule has 0 unspecified atom stereocenters. The molecule has 10 heteroatoms. The Bertz CT molecular complexity index is 1100. The predicted octanol–water partition coefficient (Wildman–Crippen LogP) is 3.19. The standard InChI is InChI=1S/C17H13F3N2O4S/c18-17(19,20)21-27(25,26)13-7-5-11(6-8-13)10-22-14-4-2-1-3-12(14)9-15(22)16(23)24/h1-9,21H,10H2,(H,23,24). The highest BCUT2D eigenvalue weighted by atomic mass is 32.2. The van der Waals surface area contributed by atoms with Gasteiger partial charge >= 0.3 is 12.3 Å². The molecule has 0 aliphatic carbocycles. The number of sulfonamides is 1. The van der Waals surface area contributed by atoms with E-state index in [-0.39, 0.29) is 12.2 Å². The number of aromatic carboxylic acids is 1. The fourth-order valence-electron chi connectivity index (χ4n) is 2.73. The molecule has 27 heavy (non-hydrogen) atoms. The number of alkyl halides is 3. The molecule has 2 N–H and O–H groups in total. The van der Waals surface area contributed by atoms with E-state index < -0.39 is 27.2 Å². The fraction of sp³-hybridized carbons (Fsp3) is 0.118. The Labute approximate surface area is 151 Å². The van der Waals surface area contributed by atoms with Gasteiger partial charge in [-0.2, -0.15) is 13.2 Å². The number of aromatic nitrogens is 1. The zero-order valence-electron chi connectivity index (χ0n) is 13.6. The molecule has 1 heterocycles. The maximum absolute atomic E-state index is 12.3. The molecule has 6 nitrogen and oxygen atoms in total. The Balaban J connectivity index is 1.93. The predicted molar refractivity (Wildman–Crippen MR) is 90.8 cm³/mol. The molecule has 0 saturated carbocycles. The lowest BCUT2D eigenvalue weighted by Gasteiger charge is -2.11. The first-order chi connectivity index (χ1) is 12.6. The van der Waals surface area contributed by atoms with Crippen LogP contribution in [0.3, 0.4) is 0 Å². The van der Waals surface area contributed by atoms with Gasteiger partial charge < -0.3 is 9.67 Å². The molecule has 0 saturated heterocycles. The number of benzene rings is 2. The van der Waals surface area contributed by atoms with Gasteiger partial charge in [0.25, 0.3) is 0 Å². The molecule has 0 amide bonds. The molecule has 1 aromatic heterocycles. The van der Waals surface area contributed by atoms with Crippen molar-refractivity contribution in [2.24, 2.45) is 0 Å². The van der Waals surface area contributed by atoms with Crippen LogP contribution in [0.15, 0.2) is 59.5 Å². The minimum atomic E-state index is -5.07. The van der Waals surface area contributed by atoms with Crippen molar-refractivity contribution in [3.8, 4) is 0 Å². The first kappa shape index (κ1) is 18.9. The smallest absolute Gasteiger partial charge is 0.470 e. The highest BCUT2D eigenvalue weighted by Gasteiger charge is 2.34. The van der Waals surface area contributed by atoms with E-state index in [4.69, 9.17) is 0 Å². The topological polar surface area (TPSA) is 88.4 Å². The Hall–Kier alpha value is -2.85. The Morgan fingerprint density at radius 2 is 1.70 bits per heavy atom. The van der Waals surface area contributed by atoms with Crippen LogP contribution in [0.2, 0.25) is 0 Å². The zero-order valence-corrected chi connectivity index (χ0v) is 14.4. The van der Waals surface area contributed by atoms with Crippen LogP contribution >= 0.6 is 0 Å². The molecule has 3 rings (SSSR count). The van der Waals surface area contributed by atoms with Gasteiger partial charge in [-0.1, -0.05) is 30.3 Å². The number of halogens is 3. The molecule has 0 fully saturated rings. The Morgan fingerprint density at radius 3 is 2.30 bits per heavy atom. The number of hydrogen-bond donors (Lipinski definition) is 2. The Kier molecular flexibility index (Phi) is 4.70. The summed E-state index contributed by atoms with van der Waals surface area (Å²) in [4.78, 5) is 10.9. The summed E-state index contributed by atoms with van der Waals surface area (Å²) in [6, 6.07) is 13.3. The van der Waals surface area contributed by atoms with Crippen molar-refractivity contribution in [1.82, 2.24) is 9.29 Å². The second-order valence-electron chi connectivity index (χ2n) is 5.73. The summed E-state index contributed by atoms with van der Waals surface area (Å²) < 4.78 is 62.4. The second-order valence-corrected chi connectivity index (χ2v) is 7.41. The van der Waals surface area contributed by atoms with Gasteiger partial charge in [0.15, 0.2) is 0 Å². The third kappa shape index (κ3) is 4.12. The van der Waals surface area contributed by atoms with Crippen LogP contribution in [0.25, 0.3) is 10.9 Å². The lowest BCUT2D eigenvalue weighted by atomic mass is 10.2. The molecule has 2 aromatic carbocycles. The number of carboxylic acids is 1. The maximum atomic E-state index is 12.3. The third-order valence-corrected chi connectivity index (χ3v) is 5.25. The quantitative estimate of drug-likeness (QED) is 0.646. The lowest BCUT2D eigenvalue weighted by molar-refractivity contribution is -0.138. The summed E-state index contributed by atoms with van der Waals surface area (Å²) in [5.41, 5.74) is 1.25. The van der Waals surface area contributed by atoms with Crippen LogP contribution in [0, 0.1) is 0 Å². The largest absolute Gasteiger partial charge is 0.477 e. The fourth-order valence-corrected chi connectivity index (χ4v) is 3.64. The van der Waals surface area contributed by atoms with Gasteiger partial charge in [-0.3, -0.25) is 0 Å². The highest BCUT2D eigenvalue weighted by molar-refractivity contribution is 7.89. The van der Waals surface area contributed by atoms with E-state index in [2.05, 4.69) is 0 Å². The highest BCUT2D eigenvalue weighted by Crippen LogP contribution is 2.22. The number of carbonyl (C=O) groups is 1. The van der Waals surface area contributed by atoms with E-state index in [9.17, 15) is 31.5 Å². The third-order valence-electron chi connectivity index (χ3n) is 3.85. The maximum Gasteiger partial charge on any atom is 0.470 e. The molecule has 3 aromatic rings. The Morgan fingerprint density at radius 1 is 1.07 bits per heavy atom. The SMILES string of the molecule is O=C(O)c1cc2ccccc2n1Cc1ccc(S(=O)(=O)NC(F)(F)F)cc1. The van der Waals surface area contributed by atoms with Crippen LogP contribution in [-0.4, -0.2) is 30.4 Å². The van der Waals surface area contributed by atoms with Gasteiger partial charge in [0.1, 0.15) is 5.69 Å². The molecule has 0 atom stereocenters. The van der Waals surface area contributed by atoms with E-state index in [1.54, 1.807) is 24.3 Å². The van der Waals surface area contributed by atoms with Crippen molar-refractivity contribution in [2.45, 2.75) is 17.7 Å². The van der Waals surface area contributed by atoms with Crippen molar-refractivity contribution in [1.29, 1.82) is 0 Å². The summed E-state index contributed by atoms with van der Waals surface area (Å²) in [5.74, 6) is -1.13. The summed E-state index contributed by atoms with van der Waals surface area (Å²) >= 11 is 0. The summed E-state index contributed by atoms with van der Waals surface area (Å²) in [6.07, 6.45) is -5.07. The number of rotatable bonds is 5. The van der Waals surface area contributed by atoms with Gasteiger partial charge in [-0.25, -0.2) is 13.2 Å². The monoisotopic (exact) mass is 398 g/mol. The van der Waals surface area contributed by atoms with Gasteiger partial charge in [-0.15, -0.1) is 4.72 Å². The molecule has 0 spiro atoms. The van der Waals surface area contributed by atoms with Crippen molar-refractivity contribution in [3.05, 3.63) is 65.9 Å². The van der Waals surface area contributed by atoms with Crippen LogP contribution in [0.1, 0.15) is 16.1 Å². The van der Waals surface area contributed by atoms with E-state index >= 15 is 0 Å². The normalized spacial score (nSPS) is 12.4. The first-order valence-electron chi connectivity index (χ1n) is 7.58. The van der Waals surface area contributed by atoms with E-state index in [1.165, 1.54) is 22.8 Å². The number of carboxylic acid groups (broad SMARTS) is 1. The minimum Gasteiger partial charge on any atom is -0.477 e. The van der Waals surface area contributed by atoms with Gasteiger partial charge in [0.05, 0.1) is 4.90 Å². The van der Waals surface area contributed by atoms with Crippen LogP contribution in [-0.2, 0) is 16.6 Å².